The maximum absolute atomic E-state index is 12.1. The summed E-state index contributed by atoms with van der Waals surface area (Å²) in [6, 6.07) is 6.88. The van der Waals surface area contributed by atoms with Crippen LogP contribution in [0.5, 0.6) is 0 Å². The Morgan fingerprint density at radius 3 is 2.41 bits per heavy atom. The van der Waals surface area contributed by atoms with Crippen LogP contribution in [0.4, 0.5) is 0 Å². The van der Waals surface area contributed by atoms with Crippen molar-refractivity contribution in [2.75, 3.05) is 0 Å². The first-order chi connectivity index (χ1) is 7.83. The summed E-state index contributed by atoms with van der Waals surface area (Å²) in [5.41, 5.74) is 6.27. The van der Waals surface area contributed by atoms with Crippen molar-refractivity contribution in [2.45, 2.75) is 37.3 Å². The second kappa shape index (κ2) is 5.85. The summed E-state index contributed by atoms with van der Waals surface area (Å²) in [6.45, 7) is 3.50. The smallest absolute Gasteiger partial charge is 0.157 e. The molecule has 17 heavy (non-hydrogen) atoms. The third-order valence-electron chi connectivity index (χ3n) is 2.63. The number of rotatable bonds is 5. The topological polar surface area (TPSA) is 60.2 Å². The van der Waals surface area contributed by atoms with E-state index in [-0.39, 0.29) is 11.8 Å². The molecule has 0 aromatic heterocycles. The number of sulfone groups is 1. The lowest BCUT2D eigenvalue weighted by Crippen LogP contribution is -2.28. The molecule has 0 bridgehead atoms. The van der Waals surface area contributed by atoms with E-state index in [0.29, 0.717) is 17.0 Å². The van der Waals surface area contributed by atoms with Crippen LogP contribution in [0, 0.1) is 0 Å². The van der Waals surface area contributed by atoms with E-state index < -0.39 is 15.1 Å². The summed E-state index contributed by atoms with van der Waals surface area (Å²) in [7, 11) is -3.20. The molecule has 0 heterocycles. The molecule has 1 aromatic rings. The molecule has 2 N–H and O–H groups in total. The number of benzene rings is 1. The van der Waals surface area contributed by atoms with Gasteiger partial charge in [-0.2, -0.15) is 0 Å². The van der Waals surface area contributed by atoms with E-state index in [1.54, 1.807) is 31.2 Å². The number of hydrogen-bond acceptors (Lipinski definition) is 3. The van der Waals surface area contributed by atoms with Gasteiger partial charge in [-0.1, -0.05) is 29.8 Å². The lowest BCUT2D eigenvalue weighted by atomic mass is 10.2. The van der Waals surface area contributed by atoms with Gasteiger partial charge >= 0.3 is 0 Å². The van der Waals surface area contributed by atoms with Crippen molar-refractivity contribution < 1.29 is 8.42 Å². The van der Waals surface area contributed by atoms with Crippen molar-refractivity contribution in [1.29, 1.82) is 0 Å². The molecule has 0 aliphatic carbocycles. The Morgan fingerprint density at radius 2 is 1.88 bits per heavy atom. The minimum Gasteiger partial charge on any atom is -0.328 e. The molecule has 0 aliphatic rings. The molecular weight excluding hydrogens is 258 g/mol. The van der Waals surface area contributed by atoms with Crippen molar-refractivity contribution in [3.8, 4) is 0 Å². The van der Waals surface area contributed by atoms with Gasteiger partial charge in [0.25, 0.3) is 0 Å². The monoisotopic (exact) mass is 275 g/mol. The summed E-state index contributed by atoms with van der Waals surface area (Å²) in [5, 5.41) is 0.0443. The summed E-state index contributed by atoms with van der Waals surface area (Å²) < 4.78 is 24.1. The molecule has 0 saturated carbocycles. The Kier molecular flexibility index (Phi) is 4.98. The fraction of sp³-hybridized carbons (Fsp3) is 0.500. The van der Waals surface area contributed by atoms with Gasteiger partial charge in [0.2, 0.25) is 0 Å². The summed E-state index contributed by atoms with van der Waals surface area (Å²) >= 11 is 5.95. The van der Waals surface area contributed by atoms with Crippen LogP contribution in [0.25, 0.3) is 0 Å². The Morgan fingerprint density at radius 1 is 1.29 bits per heavy atom. The predicted molar refractivity (Wildman–Crippen MR) is 71.8 cm³/mol. The Balaban J connectivity index is 2.84. The molecule has 0 amide bonds. The van der Waals surface area contributed by atoms with Gasteiger partial charge in [-0.15, -0.1) is 0 Å². The third-order valence-corrected chi connectivity index (χ3v) is 5.13. The van der Waals surface area contributed by atoms with Gasteiger partial charge in [0.1, 0.15) is 0 Å². The molecular formula is C12H18ClNO2S. The first-order valence-corrected chi connectivity index (χ1v) is 7.63. The number of hydrogen-bond donors (Lipinski definition) is 1. The largest absolute Gasteiger partial charge is 0.328 e. The van der Waals surface area contributed by atoms with E-state index in [1.807, 2.05) is 6.92 Å². The predicted octanol–water partition coefficient (Wildman–Crippen LogP) is 2.38. The van der Waals surface area contributed by atoms with Crippen LogP contribution in [-0.2, 0) is 15.6 Å². The highest BCUT2D eigenvalue weighted by molar-refractivity contribution is 7.91. The Hall–Kier alpha value is -0.580. The zero-order chi connectivity index (χ0) is 13.1. The first-order valence-electron chi connectivity index (χ1n) is 5.53. The van der Waals surface area contributed by atoms with Gasteiger partial charge in [-0.25, -0.2) is 8.42 Å². The van der Waals surface area contributed by atoms with Crippen molar-refractivity contribution in [1.82, 2.24) is 0 Å². The zero-order valence-electron chi connectivity index (χ0n) is 10.1. The highest BCUT2D eigenvalue weighted by atomic mass is 35.5. The summed E-state index contributed by atoms with van der Waals surface area (Å²) in [6.07, 6.45) is 0.465. The van der Waals surface area contributed by atoms with Crippen LogP contribution in [-0.4, -0.2) is 19.7 Å². The van der Waals surface area contributed by atoms with E-state index in [4.69, 9.17) is 17.3 Å². The van der Waals surface area contributed by atoms with Crippen LogP contribution in [0.3, 0.4) is 0 Å². The van der Waals surface area contributed by atoms with Crippen LogP contribution in [0.2, 0.25) is 5.02 Å². The second-order valence-corrected chi connectivity index (χ2v) is 7.25. The Labute approximate surface area is 108 Å². The average Bonchev–Trinajstić information content (AvgIpc) is 2.20. The van der Waals surface area contributed by atoms with E-state index in [1.165, 1.54) is 0 Å². The van der Waals surface area contributed by atoms with Gasteiger partial charge < -0.3 is 5.73 Å². The molecule has 0 fully saturated rings. The Bertz CT molecular complexity index is 471. The van der Waals surface area contributed by atoms with E-state index in [2.05, 4.69) is 0 Å². The molecule has 0 saturated heterocycles. The van der Waals surface area contributed by atoms with Crippen LogP contribution in [0.1, 0.15) is 25.8 Å². The van der Waals surface area contributed by atoms with Crippen LogP contribution in [0.15, 0.2) is 24.3 Å². The summed E-state index contributed by atoms with van der Waals surface area (Å²) in [4.78, 5) is 0. The lowest BCUT2D eigenvalue weighted by Gasteiger charge is -2.15. The molecule has 5 heteroatoms. The van der Waals surface area contributed by atoms with Gasteiger partial charge in [0.05, 0.1) is 11.0 Å². The lowest BCUT2D eigenvalue weighted by molar-refractivity contribution is 0.562. The standard InChI is InChI=1S/C12H18ClNO2S/c1-9(14)7-10(2)17(15,16)8-11-5-3-4-6-12(11)13/h3-6,9-10H,7-8,14H2,1-2H3. The maximum Gasteiger partial charge on any atom is 0.157 e. The minimum absolute atomic E-state index is 0.0272. The quantitative estimate of drug-likeness (QED) is 0.897. The normalized spacial score (nSPS) is 15.5. The minimum atomic E-state index is -3.20. The second-order valence-electron chi connectivity index (χ2n) is 4.42. The van der Waals surface area contributed by atoms with E-state index in [0.717, 1.165) is 0 Å². The molecule has 0 aliphatic heterocycles. The third kappa shape index (κ3) is 4.30. The van der Waals surface area contributed by atoms with Crippen molar-refractivity contribution in [3.63, 3.8) is 0 Å². The van der Waals surface area contributed by atoms with Crippen LogP contribution >= 0.6 is 11.6 Å². The fourth-order valence-electron chi connectivity index (χ4n) is 1.64. The van der Waals surface area contributed by atoms with Crippen molar-refractivity contribution in [3.05, 3.63) is 34.9 Å². The van der Waals surface area contributed by atoms with Crippen molar-refractivity contribution in [2.24, 2.45) is 5.73 Å². The van der Waals surface area contributed by atoms with Gasteiger partial charge in [-0.3, -0.25) is 0 Å². The van der Waals surface area contributed by atoms with Crippen molar-refractivity contribution >= 4 is 21.4 Å². The van der Waals surface area contributed by atoms with E-state index >= 15 is 0 Å². The summed E-state index contributed by atoms with van der Waals surface area (Å²) in [5.74, 6) is -0.0272. The molecule has 96 valence electrons. The van der Waals surface area contributed by atoms with Gasteiger partial charge in [-0.05, 0) is 31.9 Å². The van der Waals surface area contributed by atoms with Gasteiger partial charge in [0, 0.05) is 11.1 Å². The molecule has 2 atom stereocenters. The molecule has 2 unspecified atom stereocenters. The molecule has 0 spiro atoms. The maximum atomic E-state index is 12.1. The first kappa shape index (κ1) is 14.5. The van der Waals surface area contributed by atoms with Crippen LogP contribution < -0.4 is 5.73 Å². The van der Waals surface area contributed by atoms with Gasteiger partial charge in [0.15, 0.2) is 9.84 Å². The number of nitrogens with two attached hydrogens (primary N) is 1. The zero-order valence-corrected chi connectivity index (χ0v) is 11.6. The average molecular weight is 276 g/mol. The SMILES string of the molecule is CC(N)CC(C)S(=O)(=O)Cc1ccccc1Cl. The molecule has 3 nitrogen and oxygen atoms in total. The molecule has 1 aromatic carbocycles. The number of halogens is 1. The molecule has 1 rings (SSSR count). The highest BCUT2D eigenvalue weighted by Crippen LogP contribution is 2.21. The highest BCUT2D eigenvalue weighted by Gasteiger charge is 2.23. The molecule has 0 radical (unpaired) electrons. The fourth-order valence-corrected chi connectivity index (χ4v) is 3.49. The van der Waals surface area contributed by atoms with E-state index in [9.17, 15) is 8.42 Å².